The molecule has 1 fully saturated rings. The molecule has 2 heterocycles. The zero-order chi connectivity index (χ0) is 17.8. The highest BCUT2D eigenvalue weighted by atomic mass is 16.9. The predicted octanol–water partition coefficient (Wildman–Crippen LogP) is 1.02. The highest BCUT2D eigenvalue weighted by Gasteiger charge is 2.58. The number of nitrogens with zero attached hydrogens (tertiary/aromatic N) is 1. The first-order chi connectivity index (χ1) is 12.2. The normalized spacial score (nSPS) is 27.9. The van der Waals surface area contributed by atoms with Gasteiger partial charge in [-0.05, 0) is 12.5 Å². The Balaban J connectivity index is 1.69. The van der Waals surface area contributed by atoms with E-state index in [1.165, 1.54) is 7.11 Å². The van der Waals surface area contributed by atoms with Gasteiger partial charge in [0.25, 0.3) is 0 Å². The van der Waals surface area contributed by atoms with E-state index in [-0.39, 0.29) is 23.8 Å². The van der Waals surface area contributed by atoms with Crippen molar-refractivity contribution in [2.45, 2.75) is 32.0 Å². The summed E-state index contributed by atoms with van der Waals surface area (Å²) in [5.74, 6) is -1.31. The number of carbonyl (C=O) groups is 1. The molecule has 0 N–H and O–H groups in total. The third-order valence-electron chi connectivity index (χ3n) is 4.17. The van der Waals surface area contributed by atoms with Gasteiger partial charge in [-0.1, -0.05) is 30.3 Å². The van der Waals surface area contributed by atoms with E-state index in [2.05, 4.69) is 0 Å². The van der Waals surface area contributed by atoms with Crippen LogP contribution >= 0.6 is 0 Å². The molecule has 0 bridgehead atoms. The van der Waals surface area contributed by atoms with E-state index in [1.807, 2.05) is 30.3 Å². The van der Waals surface area contributed by atoms with E-state index in [0.717, 1.165) is 5.56 Å². The molecule has 0 radical (unpaired) electrons. The van der Waals surface area contributed by atoms with E-state index >= 15 is 0 Å². The smallest absolute Gasteiger partial charge is 0.405 e. The van der Waals surface area contributed by atoms with Crippen LogP contribution in [0.15, 0.2) is 30.3 Å². The van der Waals surface area contributed by atoms with E-state index in [4.69, 9.17) is 23.8 Å². The molecule has 2 aliphatic heterocycles. The lowest BCUT2D eigenvalue weighted by molar-refractivity contribution is -0.743. The van der Waals surface area contributed by atoms with Crippen molar-refractivity contribution in [2.24, 2.45) is 5.92 Å². The first-order valence-corrected chi connectivity index (χ1v) is 8.13. The van der Waals surface area contributed by atoms with Crippen LogP contribution in [0, 0.1) is 11.1 Å². The summed E-state index contributed by atoms with van der Waals surface area (Å²) in [6.45, 7) is 2.42. The lowest BCUT2D eigenvalue weighted by Gasteiger charge is -2.16. The van der Waals surface area contributed by atoms with Crippen LogP contribution in [-0.4, -0.2) is 55.4 Å². The minimum Gasteiger partial charge on any atom is -0.458 e. The Hall–Kier alpha value is -2.16. The fourth-order valence-corrected chi connectivity index (χ4v) is 3.07. The number of esters is 1. The zero-order valence-corrected chi connectivity index (χ0v) is 14.1. The van der Waals surface area contributed by atoms with E-state index in [1.54, 1.807) is 6.92 Å². The molecular weight excluding hydrogens is 330 g/mol. The Bertz CT molecular complexity index is 633. The summed E-state index contributed by atoms with van der Waals surface area (Å²) in [6, 6.07) is 9.68. The van der Waals surface area contributed by atoms with Gasteiger partial charge in [-0.2, -0.15) is 0 Å². The predicted molar refractivity (Wildman–Crippen MR) is 85.4 cm³/mol. The van der Waals surface area contributed by atoms with Crippen LogP contribution in [0.5, 0.6) is 0 Å². The van der Waals surface area contributed by atoms with Crippen molar-refractivity contribution in [3.8, 4) is 0 Å². The maximum absolute atomic E-state index is 12.1. The summed E-state index contributed by atoms with van der Waals surface area (Å²) in [4.78, 5) is 17.5. The van der Waals surface area contributed by atoms with Gasteiger partial charge in [0.1, 0.15) is 12.0 Å². The van der Waals surface area contributed by atoms with E-state index < -0.39 is 30.4 Å². The molecule has 8 nitrogen and oxygen atoms in total. The van der Waals surface area contributed by atoms with Gasteiger partial charge >= 0.3 is 11.7 Å². The molecule has 0 amide bonds. The molecule has 0 aromatic heterocycles. The standard InChI is InChI=1S/C17H21NO7/c1-3-23-16(19)14-13-12(10-22-9-11-7-5-4-6-8-11)24-17(21-2)15(13)25-18(14)20/h4-8,12-13,15,17H,3,9-10H2,1-2H3/t12-,13+,15-,17+/m1/s1. The summed E-state index contributed by atoms with van der Waals surface area (Å²) in [5.41, 5.74) is 0.905. The van der Waals surface area contributed by atoms with E-state index in [9.17, 15) is 10.0 Å². The summed E-state index contributed by atoms with van der Waals surface area (Å²) >= 11 is 0. The number of hydrogen-bond acceptors (Lipinski definition) is 7. The Kier molecular flexibility index (Phi) is 5.52. The number of benzene rings is 1. The van der Waals surface area contributed by atoms with Crippen LogP contribution in [0.25, 0.3) is 0 Å². The lowest BCUT2D eigenvalue weighted by Crippen LogP contribution is -2.37. The van der Waals surface area contributed by atoms with Gasteiger partial charge in [0.2, 0.25) is 0 Å². The maximum atomic E-state index is 12.1. The van der Waals surface area contributed by atoms with Crippen molar-refractivity contribution in [3.05, 3.63) is 41.1 Å². The molecule has 136 valence electrons. The van der Waals surface area contributed by atoms with Crippen LogP contribution in [0.1, 0.15) is 12.5 Å². The second-order valence-electron chi connectivity index (χ2n) is 5.74. The highest BCUT2D eigenvalue weighted by Crippen LogP contribution is 2.35. The molecule has 0 unspecified atom stereocenters. The van der Waals surface area contributed by atoms with Crippen molar-refractivity contribution in [1.82, 2.24) is 0 Å². The first kappa shape index (κ1) is 17.7. The molecule has 1 saturated heterocycles. The summed E-state index contributed by atoms with van der Waals surface area (Å²) < 4.78 is 21.6. The molecule has 25 heavy (non-hydrogen) atoms. The van der Waals surface area contributed by atoms with Crippen LogP contribution in [0.3, 0.4) is 0 Å². The highest BCUT2D eigenvalue weighted by molar-refractivity contribution is 6.35. The molecule has 8 heteroatoms. The number of rotatable bonds is 7. The van der Waals surface area contributed by atoms with Gasteiger partial charge < -0.3 is 23.8 Å². The van der Waals surface area contributed by atoms with Crippen molar-refractivity contribution in [3.63, 3.8) is 0 Å². The molecule has 0 saturated carbocycles. The largest absolute Gasteiger partial charge is 0.458 e. The maximum Gasteiger partial charge on any atom is 0.405 e. The van der Waals surface area contributed by atoms with Gasteiger partial charge in [0.15, 0.2) is 6.29 Å². The number of ether oxygens (including phenoxy) is 4. The Morgan fingerprint density at radius 1 is 1.32 bits per heavy atom. The topological polar surface area (TPSA) is 89.3 Å². The Morgan fingerprint density at radius 2 is 2.08 bits per heavy atom. The monoisotopic (exact) mass is 351 g/mol. The van der Waals surface area contributed by atoms with Crippen molar-refractivity contribution in [1.29, 1.82) is 0 Å². The summed E-state index contributed by atoms with van der Waals surface area (Å²) in [5, 5.41) is 12.0. The number of methoxy groups -OCH3 is 1. The summed E-state index contributed by atoms with van der Waals surface area (Å²) in [7, 11) is 1.45. The summed E-state index contributed by atoms with van der Waals surface area (Å²) in [6.07, 6.45) is -2.00. The van der Waals surface area contributed by atoms with Gasteiger partial charge in [0, 0.05) is 12.0 Å². The minimum atomic E-state index is -0.751. The second kappa shape index (κ2) is 7.81. The number of fused-ring (bicyclic) bond motifs is 1. The molecule has 4 atom stereocenters. The van der Waals surface area contributed by atoms with Crippen LogP contribution in [0.2, 0.25) is 0 Å². The van der Waals surface area contributed by atoms with Gasteiger partial charge in [-0.3, -0.25) is 5.21 Å². The van der Waals surface area contributed by atoms with Crippen LogP contribution in [0.4, 0.5) is 0 Å². The quantitative estimate of drug-likeness (QED) is 0.535. The number of carbonyl (C=O) groups excluding carboxylic acids is 1. The molecule has 3 rings (SSSR count). The molecular formula is C17H21NO7. The average Bonchev–Trinajstić information content (AvgIpc) is 3.12. The van der Waals surface area contributed by atoms with Crippen LogP contribution < -0.4 is 0 Å². The fourth-order valence-electron chi connectivity index (χ4n) is 3.07. The van der Waals surface area contributed by atoms with E-state index in [0.29, 0.717) is 6.61 Å². The Morgan fingerprint density at radius 3 is 2.76 bits per heavy atom. The molecule has 0 spiro atoms. The van der Waals surface area contributed by atoms with Gasteiger partial charge in [-0.25, -0.2) is 4.79 Å². The lowest BCUT2D eigenvalue weighted by atomic mass is 9.94. The second-order valence-corrected chi connectivity index (χ2v) is 5.74. The van der Waals surface area contributed by atoms with Crippen molar-refractivity contribution in [2.75, 3.05) is 20.3 Å². The third-order valence-corrected chi connectivity index (χ3v) is 4.17. The average molecular weight is 351 g/mol. The van der Waals surface area contributed by atoms with Crippen molar-refractivity contribution >= 4 is 11.7 Å². The molecule has 1 aromatic rings. The van der Waals surface area contributed by atoms with Crippen molar-refractivity contribution < 1.29 is 33.5 Å². The third kappa shape index (κ3) is 3.60. The minimum absolute atomic E-state index is 0.111. The van der Waals surface area contributed by atoms with Gasteiger partial charge in [-0.15, -0.1) is 0 Å². The first-order valence-electron chi connectivity index (χ1n) is 8.13. The zero-order valence-electron chi connectivity index (χ0n) is 14.1. The van der Waals surface area contributed by atoms with Gasteiger partial charge in [0.05, 0.1) is 25.9 Å². The Labute approximate surface area is 145 Å². The molecule has 1 aromatic carbocycles. The van der Waals surface area contributed by atoms with Crippen LogP contribution in [-0.2, 0) is 35.2 Å². The fraction of sp³-hybridized carbons (Fsp3) is 0.529. The SMILES string of the molecule is CCOC(=O)C1=[N+]([O-])O[C@H]2[C@@H](OC)O[C@H](COCc3ccccc3)[C@@H]12. The number of hydrogen-bond donors (Lipinski definition) is 0. The molecule has 0 aliphatic carbocycles. The molecule has 2 aliphatic rings.